The first kappa shape index (κ1) is 13.1. The van der Waals surface area contributed by atoms with Gasteiger partial charge in [0.2, 0.25) is 0 Å². The molecule has 1 aromatic heterocycles. The van der Waals surface area contributed by atoms with Crippen molar-refractivity contribution >= 4 is 0 Å². The molecule has 0 bridgehead atoms. The van der Waals surface area contributed by atoms with Gasteiger partial charge >= 0.3 is 0 Å². The molecule has 1 heterocycles. The van der Waals surface area contributed by atoms with Gasteiger partial charge in [-0.25, -0.2) is 4.39 Å². The Hall–Kier alpha value is -1.00. The van der Waals surface area contributed by atoms with E-state index >= 15 is 0 Å². The Kier molecular flexibility index (Phi) is 4.83. The molecule has 0 spiro atoms. The van der Waals surface area contributed by atoms with Crippen LogP contribution in [0, 0.1) is 11.2 Å². The summed E-state index contributed by atoms with van der Waals surface area (Å²) in [6.45, 7) is 5.74. The van der Waals surface area contributed by atoms with Crippen molar-refractivity contribution in [3.8, 4) is 0 Å². The summed E-state index contributed by atoms with van der Waals surface area (Å²) in [6, 6.07) is 1.47. The van der Waals surface area contributed by atoms with E-state index in [0.717, 1.165) is 18.5 Å². The van der Waals surface area contributed by atoms with E-state index in [1.165, 1.54) is 12.3 Å². The maximum atomic E-state index is 12.8. The molecule has 0 saturated heterocycles. The Morgan fingerprint density at radius 3 is 2.81 bits per heavy atom. The van der Waals surface area contributed by atoms with Crippen LogP contribution in [0.1, 0.15) is 25.8 Å². The van der Waals surface area contributed by atoms with Crippen molar-refractivity contribution < 1.29 is 9.50 Å². The number of aliphatic hydroxyl groups excluding tert-OH is 1. The minimum atomic E-state index is -0.311. The molecule has 0 aliphatic rings. The number of pyridine rings is 1. The number of rotatable bonds is 6. The lowest BCUT2D eigenvalue weighted by molar-refractivity contribution is 0.207. The second kappa shape index (κ2) is 5.92. The number of hydrogen-bond donors (Lipinski definition) is 2. The standard InChI is InChI=1S/C12H19FN2O/c1-12(2,3-4-16)9-15-7-10-5-11(13)8-14-6-10/h5-6,8,15-16H,3-4,7,9H2,1-2H3. The molecule has 16 heavy (non-hydrogen) atoms. The summed E-state index contributed by atoms with van der Waals surface area (Å²) in [5, 5.41) is 12.1. The minimum absolute atomic E-state index is 0.0511. The number of halogens is 1. The van der Waals surface area contributed by atoms with Crippen LogP contribution in [0.25, 0.3) is 0 Å². The predicted octanol–water partition coefficient (Wildman–Crippen LogP) is 1.72. The van der Waals surface area contributed by atoms with Gasteiger partial charge in [-0.3, -0.25) is 4.98 Å². The Bertz CT molecular complexity index is 329. The Labute approximate surface area is 95.7 Å². The molecule has 3 nitrogen and oxygen atoms in total. The average Bonchev–Trinajstić information content (AvgIpc) is 2.17. The molecule has 2 N–H and O–H groups in total. The highest BCUT2D eigenvalue weighted by atomic mass is 19.1. The van der Waals surface area contributed by atoms with Crippen molar-refractivity contribution in [3.05, 3.63) is 29.8 Å². The van der Waals surface area contributed by atoms with E-state index in [-0.39, 0.29) is 17.8 Å². The van der Waals surface area contributed by atoms with Gasteiger partial charge in [0.1, 0.15) is 5.82 Å². The van der Waals surface area contributed by atoms with Crippen LogP contribution in [0.15, 0.2) is 18.5 Å². The molecule has 1 aromatic rings. The Morgan fingerprint density at radius 2 is 2.19 bits per heavy atom. The Morgan fingerprint density at radius 1 is 1.44 bits per heavy atom. The molecule has 4 heteroatoms. The highest BCUT2D eigenvalue weighted by Gasteiger charge is 2.16. The van der Waals surface area contributed by atoms with Crippen molar-refractivity contribution in [1.29, 1.82) is 0 Å². The summed E-state index contributed by atoms with van der Waals surface area (Å²) in [7, 11) is 0. The van der Waals surface area contributed by atoms with E-state index in [4.69, 9.17) is 5.11 Å². The van der Waals surface area contributed by atoms with Gasteiger partial charge in [-0.1, -0.05) is 13.8 Å². The van der Waals surface area contributed by atoms with Gasteiger partial charge in [0.05, 0.1) is 6.20 Å². The van der Waals surface area contributed by atoms with Gasteiger partial charge in [0.25, 0.3) is 0 Å². The molecule has 0 aliphatic heterocycles. The Balaban J connectivity index is 2.35. The number of hydrogen-bond acceptors (Lipinski definition) is 3. The van der Waals surface area contributed by atoms with Crippen molar-refractivity contribution in [2.24, 2.45) is 5.41 Å². The summed E-state index contributed by atoms with van der Waals surface area (Å²) >= 11 is 0. The van der Waals surface area contributed by atoms with Crippen molar-refractivity contribution in [3.63, 3.8) is 0 Å². The molecule has 0 aliphatic carbocycles. The van der Waals surface area contributed by atoms with Crippen LogP contribution in [0.2, 0.25) is 0 Å². The maximum absolute atomic E-state index is 12.8. The molecule has 0 saturated carbocycles. The van der Waals surface area contributed by atoms with Crippen LogP contribution in [-0.4, -0.2) is 23.2 Å². The molecule has 0 fully saturated rings. The van der Waals surface area contributed by atoms with E-state index in [9.17, 15) is 4.39 Å². The first-order valence-corrected chi connectivity index (χ1v) is 5.44. The molecule has 0 radical (unpaired) electrons. The maximum Gasteiger partial charge on any atom is 0.141 e. The quantitative estimate of drug-likeness (QED) is 0.776. The second-order valence-electron chi connectivity index (χ2n) is 4.75. The predicted molar refractivity (Wildman–Crippen MR) is 61.4 cm³/mol. The lowest BCUT2D eigenvalue weighted by Crippen LogP contribution is -2.29. The topological polar surface area (TPSA) is 45.1 Å². The summed E-state index contributed by atoms with van der Waals surface area (Å²) in [5.74, 6) is -0.311. The fourth-order valence-corrected chi connectivity index (χ4v) is 1.49. The lowest BCUT2D eigenvalue weighted by atomic mass is 9.90. The second-order valence-corrected chi connectivity index (χ2v) is 4.75. The fraction of sp³-hybridized carbons (Fsp3) is 0.583. The van der Waals surface area contributed by atoms with E-state index in [1.807, 2.05) is 0 Å². The summed E-state index contributed by atoms with van der Waals surface area (Å²) in [6.07, 6.45) is 3.59. The van der Waals surface area contributed by atoms with Crippen LogP contribution < -0.4 is 5.32 Å². The van der Waals surface area contributed by atoms with Crippen molar-refractivity contribution in [1.82, 2.24) is 10.3 Å². The largest absolute Gasteiger partial charge is 0.396 e. The third kappa shape index (κ3) is 4.68. The monoisotopic (exact) mass is 226 g/mol. The highest BCUT2D eigenvalue weighted by molar-refractivity contribution is 5.09. The van der Waals surface area contributed by atoms with Crippen LogP contribution in [-0.2, 0) is 6.54 Å². The molecular weight excluding hydrogens is 207 g/mol. The van der Waals surface area contributed by atoms with E-state index in [0.29, 0.717) is 6.54 Å². The first-order valence-electron chi connectivity index (χ1n) is 5.44. The van der Waals surface area contributed by atoms with Crippen LogP contribution >= 0.6 is 0 Å². The van der Waals surface area contributed by atoms with Crippen LogP contribution in [0.3, 0.4) is 0 Å². The SMILES string of the molecule is CC(C)(CCO)CNCc1cncc(F)c1. The zero-order valence-corrected chi connectivity index (χ0v) is 9.83. The number of nitrogens with one attached hydrogen (secondary N) is 1. The fourth-order valence-electron chi connectivity index (χ4n) is 1.49. The van der Waals surface area contributed by atoms with E-state index in [2.05, 4.69) is 24.1 Å². The van der Waals surface area contributed by atoms with Gasteiger partial charge in [0, 0.05) is 25.9 Å². The third-order valence-corrected chi connectivity index (χ3v) is 2.48. The summed E-state index contributed by atoms with van der Waals surface area (Å²) in [5.41, 5.74) is 0.884. The molecule has 0 aromatic carbocycles. The highest BCUT2D eigenvalue weighted by Crippen LogP contribution is 2.18. The van der Waals surface area contributed by atoms with Crippen molar-refractivity contribution in [2.45, 2.75) is 26.8 Å². The van der Waals surface area contributed by atoms with Crippen molar-refractivity contribution in [2.75, 3.05) is 13.2 Å². The van der Waals surface area contributed by atoms with Gasteiger partial charge in [-0.05, 0) is 23.5 Å². The van der Waals surface area contributed by atoms with E-state index in [1.54, 1.807) is 6.20 Å². The van der Waals surface area contributed by atoms with Crippen LogP contribution in [0.4, 0.5) is 4.39 Å². The molecular formula is C12H19FN2O. The summed E-state index contributed by atoms with van der Waals surface area (Å²) in [4.78, 5) is 3.78. The zero-order chi connectivity index (χ0) is 12.0. The van der Waals surface area contributed by atoms with Gasteiger partial charge in [-0.2, -0.15) is 0 Å². The lowest BCUT2D eigenvalue weighted by Gasteiger charge is -2.23. The summed E-state index contributed by atoms with van der Waals surface area (Å²) < 4.78 is 12.8. The smallest absolute Gasteiger partial charge is 0.141 e. The molecule has 1 rings (SSSR count). The van der Waals surface area contributed by atoms with Gasteiger partial charge < -0.3 is 10.4 Å². The third-order valence-electron chi connectivity index (χ3n) is 2.48. The van der Waals surface area contributed by atoms with Gasteiger partial charge in [0.15, 0.2) is 0 Å². The molecule has 0 atom stereocenters. The average molecular weight is 226 g/mol. The molecule has 90 valence electrons. The number of aliphatic hydroxyl groups is 1. The number of aromatic nitrogens is 1. The zero-order valence-electron chi connectivity index (χ0n) is 9.83. The van der Waals surface area contributed by atoms with Crippen LogP contribution in [0.5, 0.6) is 0 Å². The molecule has 0 amide bonds. The normalized spacial score (nSPS) is 11.8. The van der Waals surface area contributed by atoms with Gasteiger partial charge in [-0.15, -0.1) is 0 Å². The number of nitrogens with zero attached hydrogens (tertiary/aromatic N) is 1. The minimum Gasteiger partial charge on any atom is -0.396 e. The first-order chi connectivity index (χ1) is 7.53. The molecule has 0 unspecified atom stereocenters. The van der Waals surface area contributed by atoms with E-state index < -0.39 is 0 Å².